The third-order valence-corrected chi connectivity index (χ3v) is 3.41. The minimum Gasteiger partial charge on any atom is -0.494 e. The maximum atomic E-state index is 5.40. The maximum Gasteiger partial charge on any atom is 0.145 e. The van der Waals surface area contributed by atoms with Crippen molar-refractivity contribution in [3.8, 4) is 17.0 Å². The number of methoxy groups -OCH3 is 1. The zero-order chi connectivity index (χ0) is 14.4. The average Bonchev–Trinajstić information content (AvgIpc) is 2.52. The highest BCUT2D eigenvalue weighted by Gasteiger charge is 2.11. The van der Waals surface area contributed by atoms with Gasteiger partial charge in [0.2, 0.25) is 0 Å². The van der Waals surface area contributed by atoms with Crippen molar-refractivity contribution in [3.63, 3.8) is 0 Å². The summed E-state index contributed by atoms with van der Waals surface area (Å²) in [5.74, 6) is 0.807. The number of hydrogen-bond donors (Lipinski definition) is 1. The summed E-state index contributed by atoms with van der Waals surface area (Å²) in [4.78, 5) is 4.45. The number of pyridine rings is 1. The van der Waals surface area contributed by atoms with Gasteiger partial charge in [-0.25, -0.2) is 0 Å². The molecule has 1 aromatic heterocycles. The van der Waals surface area contributed by atoms with Crippen LogP contribution in [0.5, 0.6) is 5.75 Å². The van der Waals surface area contributed by atoms with E-state index in [1.54, 1.807) is 13.3 Å². The van der Waals surface area contributed by atoms with Crippen LogP contribution >= 0.6 is 0 Å². The Morgan fingerprint density at radius 3 is 2.75 bits per heavy atom. The second-order valence-electron chi connectivity index (χ2n) is 4.70. The predicted molar refractivity (Wildman–Crippen MR) is 82.9 cm³/mol. The van der Waals surface area contributed by atoms with Crippen LogP contribution in [0.2, 0.25) is 0 Å². The molecule has 0 bridgehead atoms. The molecule has 0 aliphatic carbocycles. The van der Waals surface area contributed by atoms with Crippen LogP contribution in [0, 0.1) is 0 Å². The van der Waals surface area contributed by atoms with Gasteiger partial charge in [-0.05, 0) is 36.7 Å². The van der Waals surface area contributed by atoms with Crippen molar-refractivity contribution >= 4 is 0 Å². The van der Waals surface area contributed by atoms with Crippen molar-refractivity contribution in [2.45, 2.75) is 26.3 Å². The molecule has 2 aromatic rings. The Bertz CT molecular complexity index is 554. The molecule has 106 valence electrons. The molecule has 1 atom stereocenters. The fourth-order valence-electron chi connectivity index (χ4n) is 2.42. The van der Waals surface area contributed by atoms with Crippen LogP contribution in [0.1, 0.15) is 31.9 Å². The predicted octanol–water partition coefficient (Wildman–Crippen LogP) is 3.82. The van der Waals surface area contributed by atoms with E-state index in [2.05, 4.69) is 48.4 Å². The largest absolute Gasteiger partial charge is 0.494 e. The number of nitrogens with zero attached hydrogens (tertiary/aromatic N) is 1. The van der Waals surface area contributed by atoms with Gasteiger partial charge in [0.1, 0.15) is 11.4 Å². The maximum absolute atomic E-state index is 5.40. The van der Waals surface area contributed by atoms with Gasteiger partial charge < -0.3 is 10.1 Å². The molecule has 1 heterocycles. The van der Waals surface area contributed by atoms with E-state index in [4.69, 9.17) is 4.74 Å². The summed E-state index contributed by atoms with van der Waals surface area (Å²) in [7, 11) is 1.68. The van der Waals surface area contributed by atoms with E-state index >= 15 is 0 Å². The Balaban J connectivity index is 2.38. The third kappa shape index (κ3) is 3.17. The number of nitrogens with one attached hydrogen (secondary N) is 1. The first-order chi connectivity index (χ1) is 9.80. The number of hydrogen-bond acceptors (Lipinski definition) is 3. The molecule has 0 saturated heterocycles. The van der Waals surface area contributed by atoms with Gasteiger partial charge >= 0.3 is 0 Å². The van der Waals surface area contributed by atoms with Gasteiger partial charge in [0.25, 0.3) is 0 Å². The standard InChI is InChI=1S/C17H22N2O/c1-4-15(18-5-2)13-8-6-9-14(12-13)17-16(20-3)10-7-11-19-17/h6-12,15,18H,4-5H2,1-3H3. The van der Waals surface area contributed by atoms with Gasteiger partial charge in [0.05, 0.1) is 7.11 Å². The van der Waals surface area contributed by atoms with E-state index in [1.807, 2.05) is 12.1 Å². The molecule has 0 spiro atoms. The monoisotopic (exact) mass is 270 g/mol. The van der Waals surface area contributed by atoms with E-state index in [1.165, 1.54) is 5.56 Å². The van der Waals surface area contributed by atoms with E-state index in [0.717, 1.165) is 30.0 Å². The molecule has 0 saturated carbocycles. The van der Waals surface area contributed by atoms with Gasteiger partial charge in [-0.15, -0.1) is 0 Å². The first-order valence-electron chi connectivity index (χ1n) is 7.12. The molecule has 0 radical (unpaired) electrons. The summed E-state index contributed by atoms with van der Waals surface area (Å²) in [6, 6.07) is 12.7. The van der Waals surface area contributed by atoms with Crippen molar-refractivity contribution < 1.29 is 4.74 Å². The normalized spacial score (nSPS) is 12.2. The minimum absolute atomic E-state index is 0.384. The Hall–Kier alpha value is -1.87. The molecule has 2 rings (SSSR count). The summed E-state index contributed by atoms with van der Waals surface area (Å²) in [5.41, 5.74) is 3.28. The zero-order valence-electron chi connectivity index (χ0n) is 12.4. The van der Waals surface area contributed by atoms with Crippen LogP contribution in [-0.2, 0) is 0 Å². The second kappa shape index (κ2) is 7.06. The molecule has 0 aliphatic rings. The first-order valence-corrected chi connectivity index (χ1v) is 7.12. The SMILES string of the molecule is CCNC(CC)c1cccc(-c2ncccc2OC)c1. The number of rotatable bonds is 6. The highest BCUT2D eigenvalue weighted by atomic mass is 16.5. The Kier molecular flexibility index (Phi) is 5.13. The van der Waals surface area contributed by atoms with Crippen LogP contribution in [0.4, 0.5) is 0 Å². The molecule has 1 unspecified atom stereocenters. The lowest BCUT2D eigenvalue weighted by Gasteiger charge is -2.17. The molecule has 1 N–H and O–H groups in total. The smallest absolute Gasteiger partial charge is 0.145 e. The number of ether oxygens (including phenoxy) is 1. The summed E-state index contributed by atoms with van der Waals surface area (Å²) in [6.07, 6.45) is 2.86. The van der Waals surface area contributed by atoms with Gasteiger partial charge in [0, 0.05) is 17.8 Å². The fourth-order valence-corrected chi connectivity index (χ4v) is 2.42. The summed E-state index contributed by atoms with van der Waals surface area (Å²) in [5, 5.41) is 3.50. The molecule has 1 aromatic carbocycles. The van der Waals surface area contributed by atoms with Crippen LogP contribution in [-0.4, -0.2) is 18.6 Å². The average molecular weight is 270 g/mol. The van der Waals surface area contributed by atoms with Crippen molar-refractivity contribution in [2.24, 2.45) is 0 Å². The molecule has 0 aliphatic heterocycles. The topological polar surface area (TPSA) is 34.2 Å². The highest BCUT2D eigenvalue weighted by Crippen LogP contribution is 2.29. The second-order valence-corrected chi connectivity index (χ2v) is 4.70. The minimum atomic E-state index is 0.384. The first kappa shape index (κ1) is 14.5. The molecule has 0 fully saturated rings. The summed E-state index contributed by atoms with van der Waals surface area (Å²) in [6.45, 7) is 5.30. The van der Waals surface area contributed by atoms with Crippen LogP contribution in [0.3, 0.4) is 0 Å². The van der Waals surface area contributed by atoms with Crippen molar-refractivity contribution in [2.75, 3.05) is 13.7 Å². The van der Waals surface area contributed by atoms with E-state index in [-0.39, 0.29) is 0 Å². The lowest BCUT2D eigenvalue weighted by Crippen LogP contribution is -2.19. The van der Waals surface area contributed by atoms with Gasteiger partial charge in [-0.1, -0.05) is 32.0 Å². The Labute approximate surface area is 121 Å². The van der Waals surface area contributed by atoms with Gasteiger partial charge in [-0.3, -0.25) is 4.98 Å². The van der Waals surface area contributed by atoms with Crippen LogP contribution in [0.25, 0.3) is 11.3 Å². The molecule has 3 heteroatoms. The van der Waals surface area contributed by atoms with Gasteiger partial charge in [0.15, 0.2) is 0 Å². The van der Waals surface area contributed by atoms with Crippen molar-refractivity contribution in [1.29, 1.82) is 0 Å². The van der Waals surface area contributed by atoms with E-state index in [0.29, 0.717) is 6.04 Å². The van der Waals surface area contributed by atoms with E-state index < -0.39 is 0 Å². The summed E-state index contributed by atoms with van der Waals surface area (Å²) >= 11 is 0. The highest BCUT2D eigenvalue weighted by molar-refractivity contribution is 5.66. The quantitative estimate of drug-likeness (QED) is 0.866. The van der Waals surface area contributed by atoms with Crippen molar-refractivity contribution in [1.82, 2.24) is 10.3 Å². The molecular formula is C17H22N2O. The van der Waals surface area contributed by atoms with Gasteiger partial charge in [-0.2, -0.15) is 0 Å². The molecule has 0 amide bonds. The Morgan fingerprint density at radius 1 is 1.20 bits per heavy atom. The Morgan fingerprint density at radius 2 is 2.05 bits per heavy atom. The third-order valence-electron chi connectivity index (χ3n) is 3.41. The van der Waals surface area contributed by atoms with Crippen LogP contribution in [0.15, 0.2) is 42.6 Å². The van der Waals surface area contributed by atoms with Crippen LogP contribution < -0.4 is 10.1 Å². The summed E-state index contributed by atoms with van der Waals surface area (Å²) < 4.78 is 5.40. The molecular weight excluding hydrogens is 248 g/mol. The zero-order valence-corrected chi connectivity index (χ0v) is 12.4. The number of benzene rings is 1. The lowest BCUT2D eigenvalue weighted by atomic mass is 10.00. The molecule has 3 nitrogen and oxygen atoms in total. The fraction of sp³-hybridized carbons (Fsp3) is 0.353. The number of aromatic nitrogens is 1. The van der Waals surface area contributed by atoms with Crippen molar-refractivity contribution in [3.05, 3.63) is 48.2 Å². The lowest BCUT2D eigenvalue weighted by molar-refractivity contribution is 0.415. The van der Waals surface area contributed by atoms with E-state index in [9.17, 15) is 0 Å². The molecule has 20 heavy (non-hydrogen) atoms.